The number of rotatable bonds is 4. The predicted octanol–water partition coefficient (Wildman–Crippen LogP) is 1.84. The van der Waals surface area contributed by atoms with Crippen LogP contribution in [0.1, 0.15) is 57.3 Å². The number of carbonyl (C=O) groups excluding carboxylic acids is 1. The van der Waals surface area contributed by atoms with Gasteiger partial charge in [0.15, 0.2) is 0 Å². The lowest BCUT2D eigenvalue weighted by Gasteiger charge is -2.20. The van der Waals surface area contributed by atoms with Crippen LogP contribution in [0.5, 0.6) is 0 Å². The van der Waals surface area contributed by atoms with E-state index in [9.17, 15) is 4.79 Å². The molecule has 1 saturated carbocycles. The molecule has 116 valence electrons. The van der Waals surface area contributed by atoms with Crippen molar-refractivity contribution in [3.8, 4) is 0 Å². The molecule has 0 spiro atoms. The first-order valence-corrected chi connectivity index (χ1v) is 7.94. The molecule has 1 aromatic heterocycles. The SMILES string of the molecule is CCc1nnc(NC(=O)C2CCCCCC2N)nc1CC. The second kappa shape index (κ2) is 7.45. The molecule has 1 aliphatic carbocycles. The Bertz CT molecular complexity index is 491. The maximum atomic E-state index is 12.4. The maximum absolute atomic E-state index is 12.4. The van der Waals surface area contributed by atoms with Gasteiger partial charge in [-0.1, -0.05) is 33.1 Å². The van der Waals surface area contributed by atoms with Crippen LogP contribution in [0.25, 0.3) is 0 Å². The summed E-state index contributed by atoms with van der Waals surface area (Å²) in [5.41, 5.74) is 7.90. The van der Waals surface area contributed by atoms with Crippen molar-refractivity contribution in [2.45, 2.75) is 64.8 Å². The van der Waals surface area contributed by atoms with Gasteiger partial charge in [-0.3, -0.25) is 10.1 Å². The second-order valence-corrected chi connectivity index (χ2v) is 5.63. The Morgan fingerprint density at radius 3 is 2.57 bits per heavy atom. The molecular formula is C15H25N5O. The van der Waals surface area contributed by atoms with Crippen molar-refractivity contribution < 1.29 is 4.79 Å². The van der Waals surface area contributed by atoms with Gasteiger partial charge in [0.1, 0.15) is 0 Å². The molecule has 0 bridgehead atoms. The minimum atomic E-state index is -0.146. The molecule has 1 aliphatic rings. The van der Waals surface area contributed by atoms with Crippen molar-refractivity contribution in [2.24, 2.45) is 11.7 Å². The minimum absolute atomic E-state index is 0.0685. The van der Waals surface area contributed by atoms with Crippen LogP contribution in [-0.2, 0) is 17.6 Å². The first-order valence-electron chi connectivity index (χ1n) is 7.94. The van der Waals surface area contributed by atoms with Crippen LogP contribution in [-0.4, -0.2) is 27.1 Å². The first kappa shape index (κ1) is 15.8. The molecule has 0 aromatic carbocycles. The molecule has 1 heterocycles. The average Bonchev–Trinajstić information content (AvgIpc) is 2.71. The van der Waals surface area contributed by atoms with Gasteiger partial charge in [-0.05, 0) is 25.7 Å². The lowest BCUT2D eigenvalue weighted by molar-refractivity contribution is -0.120. The fourth-order valence-corrected chi connectivity index (χ4v) is 2.86. The molecular weight excluding hydrogens is 266 g/mol. The van der Waals surface area contributed by atoms with Gasteiger partial charge >= 0.3 is 0 Å². The lowest BCUT2D eigenvalue weighted by atomic mass is 9.95. The van der Waals surface area contributed by atoms with E-state index in [4.69, 9.17) is 5.73 Å². The third kappa shape index (κ3) is 3.97. The zero-order valence-electron chi connectivity index (χ0n) is 12.9. The van der Waals surface area contributed by atoms with E-state index in [0.29, 0.717) is 5.95 Å². The molecule has 21 heavy (non-hydrogen) atoms. The summed E-state index contributed by atoms with van der Waals surface area (Å²) in [4.78, 5) is 16.8. The van der Waals surface area contributed by atoms with Crippen LogP contribution in [0.15, 0.2) is 0 Å². The Balaban J connectivity index is 2.08. The van der Waals surface area contributed by atoms with E-state index in [2.05, 4.69) is 20.5 Å². The van der Waals surface area contributed by atoms with E-state index < -0.39 is 0 Å². The monoisotopic (exact) mass is 291 g/mol. The number of nitrogens with two attached hydrogens (primary N) is 1. The van der Waals surface area contributed by atoms with Crippen LogP contribution in [0.3, 0.4) is 0 Å². The van der Waals surface area contributed by atoms with E-state index >= 15 is 0 Å². The molecule has 2 rings (SSSR count). The molecule has 3 N–H and O–H groups in total. The normalized spacial score (nSPS) is 22.6. The number of carbonyl (C=O) groups is 1. The van der Waals surface area contributed by atoms with E-state index in [1.165, 1.54) is 0 Å². The second-order valence-electron chi connectivity index (χ2n) is 5.63. The molecule has 0 aliphatic heterocycles. The molecule has 1 aromatic rings. The Hall–Kier alpha value is -1.56. The number of nitrogens with zero attached hydrogens (tertiary/aromatic N) is 3. The summed E-state index contributed by atoms with van der Waals surface area (Å²) in [6, 6.07) is -0.0685. The molecule has 6 heteroatoms. The van der Waals surface area contributed by atoms with Crippen molar-refractivity contribution in [1.82, 2.24) is 15.2 Å². The van der Waals surface area contributed by atoms with Crippen LogP contribution < -0.4 is 11.1 Å². The highest BCUT2D eigenvalue weighted by molar-refractivity contribution is 5.91. The third-order valence-corrected chi connectivity index (χ3v) is 4.15. The summed E-state index contributed by atoms with van der Waals surface area (Å²) in [5.74, 6) is 0.0787. The zero-order chi connectivity index (χ0) is 15.2. The van der Waals surface area contributed by atoms with E-state index in [1.54, 1.807) is 0 Å². The van der Waals surface area contributed by atoms with Gasteiger partial charge in [-0.15, -0.1) is 10.2 Å². The van der Waals surface area contributed by atoms with Gasteiger partial charge in [0.25, 0.3) is 0 Å². The van der Waals surface area contributed by atoms with Crippen LogP contribution >= 0.6 is 0 Å². The average molecular weight is 291 g/mol. The summed E-state index contributed by atoms with van der Waals surface area (Å²) in [7, 11) is 0. The van der Waals surface area contributed by atoms with Gasteiger partial charge in [-0.2, -0.15) is 0 Å². The van der Waals surface area contributed by atoms with Crippen LogP contribution in [0.2, 0.25) is 0 Å². The quantitative estimate of drug-likeness (QED) is 0.826. The smallest absolute Gasteiger partial charge is 0.249 e. The third-order valence-electron chi connectivity index (χ3n) is 4.15. The number of aromatic nitrogens is 3. The lowest BCUT2D eigenvalue weighted by Crippen LogP contribution is -2.38. The standard InChI is InChI=1S/C15H25N5O/c1-3-12-13(4-2)19-20-15(17-12)18-14(21)10-8-6-5-7-9-11(10)16/h10-11H,3-9,16H2,1-2H3,(H,17,18,20,21). The number of aryl methyl sites for hydroxylation is 2. The first-order chi connectivity index (χ1) is 10.2. The van der Waals surface area contributed by atoms with Crippen LogP contribution in [0, 0.1) is 5.92 Å². The summed E-state index contributed by atoms with van der Waals surface area (Å²) in [6.45, 7) is 4.05. The number of nitrogens with one attached hydrogen (secondary N) is 1. The van der Waals surface area contributed by atoms with Crippen molar-refractivity contribution in [3.05, 3.63) is 11.4 Å². The molecule has 2 atom stereocenters. The Morgan fingerprint density at radius 2 is 1.86 bits per heavy atom. The predicted molar refractivity (Wildman–Crippen MR) is 81.8 cm³/mol. The summed E-state index contributed by atoms with van der Waals surface area (Å²) >= 11 is 0. The maximum Gasteiger partial charge on any atom is 0.249 e. The summed E-state index contributed by atoms with van der Waals surface area (Å²) in [6.07, 6.45) is 6.64. The summed E-state index contributed by atoms with van der Waals surface area (Å²) in [5, 5.41) is 10.9. The number of hydrogen-bond acceptors (Lipinski definition) is 5. The molecule has 6 nitrogen and oxygen atoms in total. The fourth-order valence-electron chi connectivity index (χ4n) is 2.86. The van der Waals surface area contributed by atoms with Crippen molar-refractivity contribution in [3.63, 3.8) is 0 Å². The fraction of sp³-hybridized carbons (Fsp3) is 0.733. The van der Waals surface area contributed by atoms with E-state index in [1.807, 2.05) is 13.8 Å². The van der Waals surface area contributed by atoms with Gasteiger partial charge in [0.05, 0.1) is 17.3 Å². The number of amides is 1. The Morgan fingerprint density at radius 1 is 1.14 bits per heavy atom. The van der Waals surface area contributed by atoms with Gasteiger partial charge < -0.3 is 5.73 Å². The molecule has 2 unspecified atom stereocenters. The molecule has 0 saturated heterocycles. The largest absolute Gasteiger partial charge is 0.327 e. The molecule has 0 radical (unpaired) electrons. The molecule has 1 amide bonds. The Labute approximate surface area is 125 Å². The van der Waals surface area contributed by atoms with Gasteiger partial charge in [0, 0.05) is 6.04 Å². The van der Waals surface area contributed by atoms with E-state index in [0.717, 1.165) is 56.3 Å². The van der Waals surface area contributed by atoms with Gasteiger partial charge in [0.2, 0.25) is 11.9 Å². The number of hydrogen-bond donors (Lipinski definition) is 2. The molecule has 1 fully saturated rings. The highest BCUT2D eigenvalue weighted by Gasteiger charge is 2.27. The number of anilines is 1. The van der Waals surface area contributed by atoms with Crippen molar-refractivity contribution >= 4 is 11.9 Å². The minimum Gasteiger partial charge on any atom is -0.327 e. The highest BCUT2D eigenvalue weighted by Crippen LogP contribution is 2.23. The zero-order valence-corrected chi connectivity index (χ0v) is 12.9. The topological polar surface area (TPSA) is 93.8 Å². The highest BCUT2D eigenvalue weighted by atomic mass is 16.2. The van der Waals surface area contributed by atoms with Crippen molar-refractivity contribution in [1.29, 1.82) is 0 Å². The Kier molecular flexibility index (Phi) is 5.61. The summed E-state index contributed by atoms with van der Waals surface area (Å²) < 4.78 is 0. The van der Waals surface area contributed by atoms with Gasteiger partial charge in [-0.25, -0.2) is 4.98 Å². The van der Waals surface area contributed by atoms with Crippen molar-refractivity contribution in [2.75, 3.05) is 5.32 Å². The van der Waals surface area contributed by atoms with Crippen LogP contribution in [0.4, 0.5) is 5.95 Å². The van der Waals surface area contributed by atoms with E-state index in [-0.39, 0.29) is 17.9 Å².